The van der Waals surface area contributed by atoms with Crippen LogP contribution in [0.3, 0.4) is 0 Å². The van der Waals surface area contributed by atoms with Crippen LogP contribution >= 0.6 is 0 Å². The molecule has 2 atom stereocenters. The van der Waals surface area contributed by atoms with Crippen LogP contribution < -0.4 is 0 Å². The summed E-state index contributed by atoms with van der Waals surface area (Å²) in [6.45, 7) is 8.46. The van der Waals surface area contributed by atoms with Gasteiger partial charge in [-0.3, -0.25) is 0 Å². The molecule has 0 aliphatic carbocycles. The minimum absolute atomic E-state index is 0.0971. The molecule has 0 aromatic rings. The molecule has 0 rings (SSSR count). The topological polar surface area (TPSA) is 112 Å². The van der Waals surface area contributed by atoms with Crippen LogP contribution in [0.15, 0.2) is 0 Å². The van der Waals surface area contributed by atoms with Crippen molar-refractivity contribution in [2.45, 2.75) is 49.4 Å². The molecule has 0 aromatic heterocycles. The number of rotatable bonds is 12. The monoisotopic (exact) mass is 400 g/mol. The average molecular weight is 400 g/mol. The molecule has 0 radical (unpaired) electrons. The fraction of sp³-hybridized carbons (Fsp3) is 0.875. The zero-order chi connectivity index (χ0) is 19.6. The maximum atomic E-state index is 11.6. The van der Waals surface area contributed by atoms with Gasteiger partial charge in [0, 0.05) is 0 Å². The van der Waals surface area contributed by atoms with Gasteiger partial charge in [0.2, 0.25) is 0 Å². The Morgan fingerprint density at radius 1 is 0.800 bits per heavy atom. The second-order valence-electron chi connectivity index (χ2n) is 6.81. The quantitative estimate of drug-likeness (QED) is 0.372. The third-order valence-electron chi connectivity index (χ3n) is 3.31. The van der Waals surface area contributed by atoms with Gasteiger partial charge in [-0.05, 0) is 0 Å². The van der Waals surface area contributed by atoms with Crippen LogP contribution in [-0.2, 0) is 43.1 Å². The Labute approximate surface area is 154 Å². The van der Waals surface area contributed by atoms with Gasteiger partial charge in [0.05, 0.1) is 0 Å². The van der Waals surface area contributed by atoms with E-state index in [2.05, 4.69) is 9.47 Å². The molecule has 0 heterocycles. The minimum atomic E-state index is -3.93. The zero-order valence-corrected chi connectivity index (χ0v) is 17.5. The summed E-state index contributed by atoms with van der Waals surface area (Å²) in [6, 6.07) is 0. The van der Waals surface area contributed by atoms with Crippen LogP contribution in [0.4, 0.5) is 0 Å². The van der Waals surface area contributed by atoms with E-state index in [-0.39, 0.29) is 21.3 Å². The Kier molecular flexibility index (Phi) is 11.7. The first-order chi connectivity index (χ1) is 11.6. The van der Waals surface area contributed by atoms with Crippen LogP contribution in [-0.4, -0.2) is 61.8 Å². The second kappa shape index (κ2) is 12.0. The van der Waals surface area contributed by atoms with Crippen LogP contribution in [0.5, 0.6) is 0 Å². The van der Waals surface area contributed by atoms with Gasteiger partial charge < -0.3 is 0 Å². The Balaban J connectivity index is 5.50. The molecule has 0 bridgehead atoms. The number of methoxy groups -OCH3 is 2. The van der Waals surface area contributed by atoms with Crippen LogP contribution in [0, 0.1) is 11.8 Å². The number of carbonyl (C=O) groups is 2. The molecule has 8 nitrogen and oxygen atoms in total. The molecule has 0 saturated heterocycles. The molecule has 0 spiro atoms. The molecule has 0 amide bonds. The van der Waals surface area contributed by atoms with Crippen LogP contribution in [0.1, 0.15) is 27.7 Å². The SMILES string of the molecule is COC(=O)C(O)[CH2][Ti]([CH2]C(O)C(=O)OC)([O]CC(C)C)[O]CC(C)C. The molecule has 0 aliphatic rings. The zero-order valence-electron chi connectivity index (χ0n) is 16.0. The number of hydrogen-bond acceptors (Lipinski definition) is 8. The van der Waals surface area contributed by atoms with Gasteiger partial charge in [-0.1, -0.05) is 0 Å². The van der Waals surface area contributed by atoms with Crippen LogP contribution in [0.25, 0.3) is 0 Å². The summed E-state index contributed by atoms with van der Waals surface area (Å²) < 4.78 is 20.9. The summed E-state index contributed by atoms with van der Waals surface area (Å²) in [5, 5.41) is 20.2. The summed E-state index contributed by atoms with van der Waals surface area (Å²) in [6.07, 6.45) is -2.87. The van der Waals surface area contributed by atoms with Gasteiger partial charge in [-0.25, -0.2) is 0 Å². The Morgan fingerprint density at radius 3 is 1.36 bits per heavy atom. The van der Waals surface area contributed by atoms with Crippen molar-refractivity contribution in [2.24, 2.45) is 11.8 Å². The van der Waals surface area contributed by atoms with E-state index < -0.39 is 41.5 Å². The van der Waals surface area contributed by atoms with Crippen molar-refractivity contribution >= 4 is 11.9 Å². The fourth-order valence-corrected chi connectivity index (χ4v) is 7.50. The van der Waals surface area contributed by atoms with Crippen LogP contribution in [0.2, 0.25) is 9.45 Å². The van der Waals surface area contributed by atoms with E-state index in [1.165, 1.54) is 14.2 Å². The molecule has 0 fully saturated rings. The summed E-state index contributed by atoms with van der Waals surface area (Å²) >= 11 is -3.93. The summed E-state index contributed by atoms with van der Waals surface area (Å²) in [7, 11) is 2.35. The van der Waals surface area contributed by atoms with Gasteiger partial charge in [-0.2, -0.15) is 0 Å². The van der Waals surface area contributed by atoms with Gasteiger partial charge in [0.15, 0.2) is 0 Å². The first kappa shape index (κ1) is 24.5. The molecular formula is C16H32O8Ti. The molecule has 9 heteroatoms. The Morgan fingerprint density at radius 2 is 1.12 bits per heavy atom. The molecule has 2 N–H and O–H groups in total. The number of ether oxygens (including phenoxy) is 2. The second-order valence-corrected chi connectivity index (χ2v) is 11.8. The molecule has 25 heavy (non-hydrogen) atoms. The van der Waals surface area contributed by atoms with E-state index in [0.717, 1.165) is 0 Å². The van der Waals surface area contributed by atoms with Crippen molar-refractivity contribution in [3.8, 4) is 0 Å². The Hall–Kier alpha value is -0.506. The summed E-state index contributed by atoms with van der Waals surface area (Å²) in [4.78, 5) is 23.3. The van der Waals surface area contributed by atoms with E-state index in [0.29, 0.717) is 13.2 Å². The first-order valence-corrected chi connectivity index (χ1v) is 11.8. The third kappa shape index (κ3) is 9.68. The molecule has 148 valence electrons. The number of carbonyl (C=O) groups excluding carboxylic acids is 2. The standard InChI is InChI=1S/2C4H7O3.2C4H9O.Ti/c2*1-3(5)4(6)7-2;2*1-4(2)3-5;/h2*3,5H,1H2,2H3;2*4H,3H2,1-2H3;/q;;2*-1;+2. The van der Waals surface area contributed by atoms with Crippen molar-refractivity contribution in [3.63, 3.8) is 0 Å². The third-order valence-corrected chi connectivity index (χ3v) is 8.63. The van der Waals surface area contributed by atoms with Gasteiger partial charge >= 0.3 is 154 Å². The van der Waals surface area contributed by atoms with E-state index in [1.807, 2.05) is 27.7 Å². The molecular weight excluding hydrogens is 368 g/mol. The van der Waals surface area contributed by atoms with Crippen molar-refractivity contribution in [1.29, 1.82) is 0 Å². The Bertz CT molecular complexity index is 375. The van der Waals surface area contributed by atoms with Crippen molar-refractivity contribution in [2.75, 3.05) is 27.4 Å². The van der Waals surface area contributed by atoms with E-state index in [9.17, 15) is 19.8 Å². The molecule has 0 aromatic carbocycles. The number of aliphatic hydroxyl groups excluding tert-OH is 2. The number of hydrogen-bond donors (Lipinski definition) is 2. The summed E-state index contributed by atoms with van der Waals surface area (Å²) in [5.41, 5.74) is 0. The summed E-state index contributed by atoms with van der Waals surface area (Å²) in [5.74, 6) is -1.25. The van der Waals surface area contributed by atoms with Crippen molar-refractivity contribution < 1.29 is 53.3 Å². The van der Waals surface area contributed by atoms with Crippen molar-refractivity contribution in [3.05, 3.63) is 0 Å². The van der Waals surface area contributed by atoms with E-state index in [1.54, 1.807) is 0 Å². The van der Waals surface area contributed by atoms with Gasteiger partial charge in [0.1, 0.15) is 0 Å². The molecule has 2 unspecified atom stereocenters. The predicted octanol–water partition coefficient (Wildman–Crippen LogP) is 1.22. The van der Waals surface area contributed by atoms with E-state index >= 15 is 0 Å². The van der Waals surface area contributed by atoms with Gasteiger partial charge in [0.25, 0.3) is 0 Å². The van der Waals surface area contributed by atoms with Crippen molar-refractivity contribution in [1.82, 2.24) is 0 Å². The maximum absolute atomic E-state index is 11.6. The first-order valence-electron chi connectivity index (χ1n) is 8.36. The predicted molar refractivity (Wildman–Crippen MR) is 87.2 cm³/mol. The van der Waals surface area contributed by atoms with Gasteiger partial charge in [-0.15, -0.1) is 0 Å². The fourth-order valence-electron chi connectivity index (χ4n) is 2.03. The molecule has 0 aliphatic heterocycles. The average Bonchev–Trinajstić information content (AvgIpc) is 2.56. The number of esters is 2. The normalized spacial score (nSPS) is 14.5. The molecule has 0 saturated carbocycles. The number of aliphatic hydroxyl groups is 2. The van der Waals surface area contributed by atoms with E-state index in [4.69, 9.17) is 6.64 Å².